The van der Waals surface area contributed by atoms with Crippen LogP contribution in [0.15, 0.2) is 17.3 Å². The summed E-state index contributed by atoms with van der Waals surface area (Å²) in [5.41, 5.74) is 5.64. The largest absolute Gasteiger partial charge is 0.325 e. The molecule has 0 spiro atoms. The van der Waals surface area contributed by atoms with Gasteiger partial charge in [-0.05, 0) is 63.1 Å². The van der Waals surface area contributed by atoms with Gasteiger partial charge in [-0.2, -0.15) is 0 Å². The number of nitrogens with zero attached hydrogens (tertiary/aromatic N) is 2. The van der Waals surface area contributed by atoms with Crippen LogP contribution in [-0.4, -0.2) is 22.1 Å². The quantitative estimate of drug-likeness (QED) is 0.620. The maximum atomic E-state index is 12.3. The fraction of sp³-hybridized carbons (Fsp3) is 0.389. The first kappa shape index (κ1) is 18.7. The first-order chi connectivity index (χ1) is 11.3. The van der Waals surface area contributed by atoms with E-state index in [1.165, 1.54) is 11.8 Å². The number of aryl methyl sites for hydroxylation is 4. The standard InChI is InChI=1S/C18H22ClN3OS/c1-10-8-11(2)17(15(19)9-10)22-16(23)7-6-14-12(3)20-18(24-5)21-13(14)4/h8-9H,6-7H2,1-5H3,(H,22,23). The molecular formula is C18H22ClN3OS. The molecule has 0 aliphatic carbocycles. The average Bonchev–Trinajstić information content (AvgIpc) is 2.49. The minimum Gasteiger partial charge on any atom is -0.325 e. The molecule has 0 saturated heterocycles. The van der Waals surface area contributed by atoms with Crippen molar-refractivity contribution in [2.75, 3.05) is 11.6 Å². The smallest absolute Gasteiger partial charge is 0.224 e. The molecule has 0 saturated carbocycles. The zero-order chi connectivity index (χ0) is 17.9. The summed E-state index contributed by atoms with van der Waals surface area (Å²) in [6.45, 7) is 7.84. The van der Waals surface area contributed by atoms with Crippen molar-refractivity contribution in [2.24, 2.45) is 0 Å². The zero-order valence-electron chi connectivity index (χ0n) is 14.7. The average molecular weight is 364 g/mol. The summed E-state index contributed by atoms with van der Waals surface area (Å²) in [5.74, 6) is -0.0587. The monoisotopic (exact) mass is 363 g/mol. The molecule has 0 bridgehead atoms. The Morgan fingerprint density at radius 3 is 2.33 bits per heavy atom. The number of thioether (sulfide) groups is 1. The fourth-order valence-electron chi connectivity index (χ4n) is 2.68. The number of benzene rings is 1. The summed E-state index contributed by atoms with van der Waals surface area (Å²) in [6.07, 6.45) is 2.93. The van der Waals surface area contributed by atoms with E-state index in [4.69, 9.17) is 11.6 Å². The molecule has 0 aliphatic rings. The summed E-state index contributed by atoms with van der Waals surface area (Å²) in [5, 5.41) is 4.26. The van der Waals surface area contributed by atoms with Crippen molar-refractivity contribution in [3.63, 3.8) is 0 Å². The van der Waals surface area contributed by atoms with Gasteiger partial charge in [0.25, 0.3) is 0 Å². The van der Waals surface area contributed by atoms with Crippen molar-refractivity contribution >= 4 is 35.0 Å². The Bertz CT molecular complexity index is 731. The van der Waals surface area contributed by atoms with Crippen molar-refractivity contribution in [1.29, 1.82) is 0 Å². The van der Waals surface area contributed by atoms with Gasteiger partial charge in [0.1, 0.15) is 0 Å². The Kier molecular flexibility index (Phi) is 6.24. The molecule has 0 radical (unpaired) electrons. The van der Waals surface area contributed by atoms with E-state index in [9.17, 15) is 4.79 Å². The maximum Gasteiger partial charge on any atom is 0.224 e. The SMILES string of the molecule is CSc1nc(C)c(CCC(=O)Nc2c(C)cc(C)cc2Cl)c(C)n1. The van der Waals surface area contributed by atoms with Gasteiger partial charge in [-0.15, -0.1) is 0 Å². The van der Waals surface area contributed by atoms with Crippen molar-refractivity contribution < 1.29 is 4.79 Å². The van der Waals surface area contributed by atoms with Crippen LogP contribution >= 0.6 is 23.4 Å². The molecule has 128 valence electrons. The molecule has 1 aromatic heterocycles. The molecule has 1 heterocycles. The Balaban J connectivity index is 2.07. The van der Waals surface area contributed by atoms with Crippen LogP contribution in [-0.2, 0) is 11.2 Å². The number of amides is 1. The number of halogens is 1. The van der Waals surface area contributed by atoms with Crippen LogP contribution in [0.1, 0.15) is 34.5 Å². The highest BCUT2D eigenvalue weighted by atomic mass is 35.5. The fourth-order valence-corrected chi connectivity index (χ4v) is 3.50. The third-order valence-electron chi connectivity index (χ3n) is 3.88. The van der Waals surface area contributed by atoms with E-state index in [1.54, 1.807) is 0 Å². The molecule has 6 heteroatoms. The van der Waals surface area contributed by atoms with E-state index < -0.39 is 0 Å². The van der Waals surface area contributed by atoms with Gasteiger partial charge >= 0.3 is 0 Å². The lowest BCUT2D eigenvalue weighted by Gasteiger charge is -2.13. The molecule has 1 N–H and O–H groups in total. The molecule has 1 amide bonds. The van der Waals surface area contributed by atoms with Crippen molar-refractivity contribution in [1.82, 2.24) is 9.97 Å². The highest BCUT2D eigenvalue weighted by Gasteiger charge is 2.13. The Morgan fingerprint density at radius 2 is 1.79 bits per heavy atom. The number of aromatic nitrogens is 2. The van der Waals surface area contributed by atoms with E-state index in [2.05, 4.69) is 15.3 Å². The molecule has 2 aromatic rings. The first-order valence-corrected chi connectivity index (χ1v) is 9.36. The van der Waals surface area contributed by atoms with Gasteiger partial charge in [-0.3, -0.25) is 4.79 Å². The lowest BCUT2D eigenvalue weighted by molar-refractivity contribution is -0.116. The Hall–Kier alpha value is -1.59. The lowest BCUT2D eigenvalue weighted by Crippen LogP contribution is -2.15. The minimum absolute atomic E-state index is 0.0587. The second-order valence-corrected chi connectivity index (χ2v) is 7.03. The van der Waals surface area contributed by atoms with Crippen LogP contribution in [0.3, 0.4) is 0 Å². The molecule has 0 fully saturated rings. The summed E-state index contributed by atoms with van der Waals surface area (Å²) >= 11 is 7.76. The Morgan fingerprint density at radius 1 is 1.17 bits per heavy atom. The first-order valence-electron chi connectivity index (χ1n) is 7.76. The molecule has 2 rings (SSSR count). The number of carbonyl (C=O) groups excluding carboxylic acids is 1. The van der Waals surface area contributed by atoms with Crippen molar-refractivity contribution in [3.8, 4) is 0 Å². The molecule has 1 aromatic carbocycles. The topological polar surface area (TPSA) is 54.9 Å². The number of hydrogen-bond donors (Lipinski definition) is 1. The molecule has 24 heavy (non-hydrogen) atoms. The molecule has 4 nitrogen and oxygen atoms in total. The summed E-state index contributed by atoms with van der Waals surface area (Å²) < 4.78 is 0. The van der Waals surface area contributed by atoms with E-state index in [1.807, 2.05) is 46.1 Å². The van der Waals surface area contributed by atoms with Crippen LogP contribution < -0.4 is 5.32 Å². The molecule has 0 aliphatic heterocycles. The Labute approximate surface area is 152 Å². The van der Waals surface area contributed by atoms with Crippen molar-refractivity contribution in [2.45, 2.75) is 45.7 Å². The number of rotatable bonds is 5. The van der Waals surface area contributed by atoms with E-state index >= 15 is 0 Å². The third kappa shape index (κ3) is 4.48. The van der Waals surface area contributed by atoms with Gasteiger partial charge in [0.2, 0.25) is 5.91 Å². The number of hydrogen-bond acceptors (Lipinski definition) is 4. The third-order valence-corrected chi connectivity index (χ3v) is 4.73. The number of nitrogens with one attached hydrogen (secondary N) is 1. The van der Waals surface area contributed by atoms with Gasteiger partial charge in [0.15, 0.2) is 5.16 Å². The second kappa shape index (κ2) is 7.99. The highest BCUT2D eigenvalue weighted by molar-refractivity contribution is 7.98. The zero-order valence-corrected chi connectivity index (χ0v) is 16.2. The molecule has 0 atom stereocenters. The van der Waals surface area contributed by atoms with Crippen LogP contribution in [0.2, 0.25) is 5.02 Å². The van der Waals surface area contributed by atoms with Crippen LogP contribution in [0.4, 0.5) is 5.69 Å². The lowest BCUT2D eigenvalue weighted by atomic mass is 10.1. The predicted octanol–water partition coefficient (Wildman–Crippen LogP) is 4.66. The van der Waals surface area contributed by atoms with Gasteiger partial charge in [0, 0.05) is 17.8 Å². The molecular weight excluding hydrogens is 342 g/mol. The molecule has 0 unspecified atom stereocenters. The maximum absolute atomic E-state index is 12.3. The van der Waals surface area contributed by atoms with Crippen LogP contribution in [0.5, 0.6) is 0 Å². The highest BCUT2D eigenvalue weighted by Crippen LogP contribution is 2.27. The van der Waals surface area contributed by atoms with E-state index in [0.29, 0.717) is 23.6 Å². The van der Waals surface area contributed by atoms with Crippen LogP contribution in [0.25, 0.3) is 0 Å². The predicted molar refractivity (Wildman–Crippen MR) is 101 cm³/mol. The van der Waals surface area contributed by atoms with Gasteiger partial charge < -0.3 is 5.32 Å². The summed E-state index contributed by atoms with van der Waals surface area (Å²) in [7, 11) is 0. The summed E-state index contributed by atoms with van der Waals surface area (Å²) in [6, 6.07) is 3.86. The van der Waals surface area contributed by atoms with Gasteiger partial charge in [-0.1, -0.05) is 29.4 Å². The minimum atomic E-state index is -0.0587. The van der Waals surface area contributed by atoms with Gasteiger partial charge in [0.05, 0.1) is 10.7 Å². The van der Waals surface area contributed by atoms with Crippen LogP contribution in [0, 0.1) is 27.7 Å². The number of anilines is 1. The normalized spacial score (nSPS) is 10.8. The second-order valence-electron chi connectivity index (χ2n) is 5.85. The number of carbonyl (C=O) groups is 1. The van der Waals surface area contributed by atoms with E-state index in [0.717, 1.165) is 33.2 Å². The summed E-state index contributed by atoms with van der Waals surface area (Å²) in [4.78, 5) is 21.2. The van der Waals surface area contributed by atoms with Gasteiger partial charge in [-0.25, -0.2) is 9.97 Å². The van der Waals surface area contributed by atoms with E-state index in [-0.39, 0.29) is 5.91 Å². The van der Waals surface area contributed by atoms with Crippen molar-refractivity contribution in [3.05, 3.63) is 45.2 Å².